The second-order valence-corrected chi connectivity index (χ2v) is 13.4. The zero-order valence-corrected chi connectivity index (χ0v) is 26.8. The molecule has 7 aromatic carbocycles. The zero-order valence-electron chi connectivity index (χ0n) is 26.0. The molecule has 0 unspecified atom stereocenters. The SMILES string of the molecule is c1ccc(-c2nc(-c3ccc4ccccc4c3)nc(-n3c4ccccc4c4c5sc6ccccc6c5c5c6ccccc6oc5c43)n2)cc1. The Hall–Kier alpha value is -6.37. The van der Waals surface area contributed by atoms with E-state index in [1.54, 1.807) is 0 Å². The molecular weight excluding hydrogens is 621 g/mol. The summed E-state index contributed by atoms with van der Waals surface area (Å²) in [7, 11) is 0. The van der Waals surface area contributed by atoms with Gasteiger partial charge in [-0.3, -0.25) is 4.57 Å². The largest absolute Gasteiger partial charge is 0.454 e. The third-order valence-corrected chi connectivity index (χ3v) is 10.8. The van der Waals surface area contributed by atoms with Gasteiger partial charge in [-0.2, -0.15) is 9.97 Å². The summed E-state index contributed by atoms with van der Waals surface area (Å²) in [4.78, 5) is 15.6. The summed E-state index contributed by atoms with van der Waals surface area (Å²) in [5, 5.41) is 9.27. The van der Waals surface area contributed by atoms with Gasteiger partial charge in [0.05, 0.1) is 5.52 Å². The summed E-state index contributed by atoms with van der Waals surface area (Å²) < 4.78 is 11.5. The number of fused-ring (bicyclic) bond motifs is 13. The van der Waals surface area contributed by atoms with E-state index in [9.17, 15) is 0 Å². The highest BCUT2D eigenvalue weighted by Gasteiger charge is 2.26. The van der Waals surface area contributed by atoms with Gasteiger partial charge in [0, 0.05) is 52.8 Å². The number of para-hydroxylation sites is 2. The van der Waals surface area contributed by atoms with E-state index in [1.165, 1.54) is 25.6 Å². The lowest BCUT2D eigenvalue weighted by atomic mass is 10.0. The average Bonchev–Trinajstić information content (AvgIpc) is 3.84. The first-order valence-electron chi connectivity index (χ1n) is 16.3. The molecule has 0 bridgehead atoms. The molecule has 0 saturated heterocycles. The predicted octanol–water partition coefficient (Wildman–Crippen LogP) is 11.7. The van der Waals surface area contributed by atoms with Gasteiger partial charge in [-0.05, 0) is 35.0 Å². The lowest BCUT2D eigenvalue weighted by Gasteiger charge is -2.11. The van der Waals surface area contributed by atoms with Crippen molar-refractivity contribution >= 4 is 86.0 Å². The van der Waals surface area contributed by atoms with Crippen LogP contribution in [0.25, 0.3) is 103 Å². The summed E-state index contributed by atoms with van der Waals surface area (Å²) in [6.07, 6.45) is 0. The second-order valence-electron chi connectivity index (χ2n) is 12.4. The third-order valence-electron chi connectivity index (χ3n) is 9.62. The van der Waals surface area contributed by atoms with Crippen LogP contribution in [-0.2, 0) is 0 Å². The molecule has 0 amide bonds. The molecule has 6 heteroatoms. The van der Waals surface area contributed by atoms with Gasteiger partial charge >= 0.3 is 0 Å². The van der Waals surface area contributed by atoms with Crippen molar-refractivity contribution < 1.29 is 4.42 Å². The molecule has 0 aliphatic heterocycles. The van der Waals surface area contributed by atoms with Gasteiger partial charge in [0.2, 0.25) is 5.95 Å². The number of hydrogen-bond acceptors (Lipinski definition) is 5. The molecule has 49 heavy (non-hydrogen) atoms. The lowest BCUT2D eigenvalue weighted by Crippen LogP contribution is -2.06. The summed E-state index contributed by atoms with van der Waals surface area (Å²) in [6.45, 7) is 0. The molecule has 4 aromatic heterocycles. The molecule has 0 aliphatic carbocycles. The molecule has 0 aliphatic rings. The first-order chi connectivity index (χ1) is 24.3. The Balaban J connectivity index is 1.33. The van der Waals surface area contributed by atoms with Crippen LogP contribution in [0.5, 0.6) is 0 Å². The van der Waals surface area contributed by atoms with Crippen LogP contribution in [0.3, 0.4) is 0 Å². The van der Waals surface area contributed by atoms with E-state index in [4.69, 9.17) is 19.4 Å². The van der Waals surface area contributed by atoms with E-state index in [0.29, 0.717) is 17.6 Å². The fraction of sp³-hybridized carbons (Fsp3) is 0. The molecule has 0 N–H and O–H groups in total. The summed E-state index contributed by atoms with van der Waals surface area (Å²) >= 11 is 1.83. The maximum atomic E-state index is 6.87. The minimum atomic E-state index is 0.547. The van der Waals surface area contributed by atoms with Crippen LogP contribution in [-0.4, -0.2) is 19.5 Å². The molecule has 0 atom stereocenters. The van der Waals surface area contributed by atoms with Crippen molar-refractivity contribution in [2.75, 3.05) is 0 Å². The molecule has 11 rings (SSSR count). The minimum Gasteiger partial charge on any atom is -0.454 e. The number of aromatic nitrogens is 4. The Bertz CT molecular complexity index is 3120. The van der Waals surface area contributed by atoms with E-state index in [2.05, 4.69) is 114 Å². The number of benzene rings is 7. The van der Waals surface area contributed by atoms with Crippen molar-refractivity contribution in [2.45, 2.75) is 0 Å². The molecule has 5 nitrogen and oxygen atoms in total. The molecule has 0 radical (unpaired) electrons. The van der Waals surface area contributed by atoms with Crippen LogP contribution >= 0.6 is 11.3 Å². The van der Waals surface area contributed by atoms with Crippen LogP contribution in [0.1, 0.15) is 0 Å². The maximum Gasteiger partial charge on any atom is 0.238 e. The van der Waals surface area contributed by atoms with E-state index in [-0.39, 0.29) is 0 Å². The number of hydrogen-bond donors (Lipinski definition) is 0. The Kier molecular flexibility index (Phi) is 5.48. The number of furan rings is 1. The van der Waals surface area contributed by atoms with Gasteiger partial charge in [-0.25, -0.2) is 4.98 Å². The van der Waals surface area contributed by atoms with Gasteiger partial charge in [0.15, 0.2) is 17.2 Å². The Morgan fingerprint density at radius 1 is 0.510 bits per heavy atom. The molecular formula is C43H24N4OS. The summed E-state index contributed by atoms with van der Waals surface area (Å²) in [6, 6.07) is 50.5. The van der Waals surface area contributed by atoms with Gasteiger partial charge in [0.25, 0.3) is 0 Å². The average molecular weight is 645 g/mol. The monoisotopic (exact) mass is 644 g/mol. The van der Waals surface area contributed by atoms with Crippen LogP contribution < -0.4 is 0 Å². The van der Waals surface area contributed by atoms with Crippen LogP contribution in [0.2, 0.25) is 0 Å². The normalized spacial score (nSPS) is 12.1. The topological polar surface area (TPSA) is 56.7 Å². The summed E-state index contributed by atoms with van der Waals surface area (Å²) in [5.74, 6) is 1.78. The molecule has 11 aromatic rings. The Morgan fingerprint density at radius 3 is 2.08 bits per heavy atom. The van der Waals surface area contributed by atoms with Gasteiger partial charge in [-0.15, -0.1) is 11.3 Å². The number of thiophene rings is 1. The fourth-order valence-electron chi connectivity index (χ4n) is 7.46. The first kappa shape index (κ1) is 26.7. The number of rotatable bonds is 3. The first-order valence-corrected chi connectivity index (χ1v) is 17.1. The van der Waals surface area contributed by atoms with E-state index in [1.807, 2.05) is 47.7 Å². The number of nitrogens with zero attached hydrogens (tertiary/aromatic N) is 4. The van der Waals surface area contributed by atoms with Crippen molar-refractivity contribution in [3.8, 4) is 28.7 Å². The minimum absolute atomic E-state index is 0.547. The molecule has 4 heterocycles. The molecule has 0 saturated carbocycles. The highest BCUT2D eigenvalue weighted by molar-refractivity contribution is 7.27. The smallest absolute Gasteiger partial charge is 0.238 e. The Morgan fingerprint density at radius 2 is 1.20 bits per heavy atom. The maximum absolute atomic E-state index is 6.87. The predicted molar refractivity (Wildman–Crippen MR) is 203 cm³/mol. The van der Waals surface area contributed by atoms with E-state index < -0.39 is 0 Å². The second kappa shape index (κ2) is 10.1. The van der Waals surface area contributed by atoms with Crippen molar-refractivity contribution in [3.05, 3.63) is 146 Å². The summed E-state index contributed by atoms with van der Waals surface area (Å²) in [5.41, 5.74) is 5.52. The van der Waals surface area contributed by atoms with E-state index in [0.717, 1.165) is 60.3 Å². The van der Waals surface area contributed by atoms with Gasteiger partial charge in [0.1, 0.15) is 11.1 Å². The Labute approximate surface area is 283 Å². The van der Waals surface area contributed by atoms with Crippen LogP contribution in [0, 0.1) is 0 Å². The highest BCUT2D eigenvalue weighted by atomic mass is 32.1. The lowest BCUT2D eigenvalue weighted by molar-refractivity contribution is 0.671. The zero-order chi connectivity index (χ0) is 32.1. The standard InChI is InChI=1S/C43H24N4OS/c1-2-13-26(14-3-1)41-44-42(28-23-22-25-12-4-5-15-27(25)24-28)46-43(45-41)47-32-19-9-6-16-29(32)37-38(47)39-35(30-17-7-10-20-33(30)48-39)36-31-18-8-11-21-34(31)49-40(36)37/h1-24H. The fourth-order valence-corrected chi connectivity index (χ4v) is 8.73. The van der Waals surface area contributed by atoms with Gasteiger partial charge < -0.3 is 4.42 Å². The van der Waals surface area contributed by atoms with Crippen molar-refractivity contribution in [1.29, 1.82) is 0 Å². The third kappa shape index (κ3) is 3.83. The highest BCUT2D eigenvalue weighted by Crippen LogP contribution is 2.50. The molecule has 228 valence electrons. The van der Waals surface area contributed by atoms with Gasteiger partial charge in [-0.1, -0.05) is 121 Å². The van der Waals surface area contributed by atoms with E-state index >= 15 is 0 Å². The van der Waals surface area contributed by atoms with Crippen molar-refractivity contribution in [2.24, 2.45) is 0 Å². The molecule has 0 fully saturated rings. The molecule has 0 spiro atoms. The van der Waals surface area contributed by atoms with Crippen molar-refractivity contribution in [1.82, 2.24) is 19.5 Å². The quantitative estimate of drug-likeness (QED) is 0.192. The van der Waals surface area contributed by atoms with Crippen molar-refractivity contribution in [3.63, 3.8) is 0 Å². The van der Waals surface area contributed by atoms with Crippen LogP contribution in [0.15, 0.2) is 150 Å². The van der Waals surface area contributed by atoms with Crippen LogP contribution in [0.4, 0.5) is 0 Å².